The lowest BCUT2D eigenvalue weighted by Gasteiger charge is -2.10. The largest absolute Gasteiger partial charge is 0.290 e. The summed E-state index contributed by atoms with van der Waals surface area (Å²) in [6.45, 7) is 2.02. The third kappa shape index (κ3) is 1.95. The molecule has 0 N–H and O–H groups in total. The number of aryl methyl sites for hydroxylation is 1. The van der Waals surface area contributed by atoms with Crippen molar-refractivity contribution in [3.05, 3.63) is 71.3 Å². The van der Waals surface area contributed by atoms with Gasteiger partial charge in [-0.15, -0.1) is 0 Å². The van der Waals surface area contributed by atoms with Crippen molar-refractivity contribution in [1.82, 2.24) is 9.38 Å². The zero-order valence-corrected chi connectivity index (χ0v) is 13.0. The first-order valence-corrected chi connectivity index (χ1v) is 7.54. The topological polar surface area (TPSA) is 64.9 Å². The minimum absolute atomic E-state index is 0.401. The number of aromatic nitrogens is 2. The van der Waals surface area contributed by atoms with Crippen molar-refractivity contribution in [2.45, 2.75) is 6.92 Å². The van der Waals surface area contributed by atoms with Crippen molar-refractivity contribution in [3.8, 4) is 23.4 Å². The number of rotatable bonds is 1. The van der Waals surface area contributed by atoms with E-state index in [4.69, 9.17) is 0 Å². The minimum atomic E-state index is 0.401. The van der Waals surface area contributed by atoms with Gasteiger partial charge in [0.05, 0.1) is 27.9 Å². The number of hydrogen-bond acceptors (Lipinski definition) is 3. The summed E-state index contributed by atoms with van der Waals surface area (Å²) < 4.78 is 1.91. The highest BCUT2D eigenvalue weighted by atomic mass is 15.0. The molecule has 0 unspecified atom stereocenters. The molecule has 0 spiro atoms. The van der Waals surface area contributed by atoms with E-state index in [1.807, 2.05) is 59.9 Å². The van der Waals surface area contributed by atoms with Crippen molar-refractivity contribution in [2.24, 2.45) is 0 Å². The second-order valence-electron chi connectivity index (χ2n) is 5.67. The Bertz CT molecular complexity index is 1170. The van der Waals surface area contributed by atoms with Crippen LogP contribution in [0.2, 0.25) is 0 Å². The van der Waals surface area contributed by atoms with E-state index >= 15 is 0 Å². The number of imidazole rings is 1. The summed E-state index contributed by atoms with van der Waals surface area (Å²) in [5.74, 6) is 0. The predicted molar refractivity (Wildman–Crippen MR) is 92.3 cm³/mol. The van der Waals surface area contributed by atoms with E-state index in [1.165, 1.54) is 0 Å². The van der Waals surface area contributed by atoms with Gasteiger partial charge in [-0.3, -0.25) is 4.40 Å². The molecule has 4 nitrogen and oxygen atoms in total. The van der Waals surface area contributed by atoms with Gasteiger partial charge in [0, 0.05) is 0 Å². The molecule has 2 heterocycles. The maximum absolute atomic E-state index is 9.63. The average Bonchev–Trinajstić information content (AvgIpc) is 3.00. The molecule has 0 aliphatic carbocycles. The first-order valence-electron chi connectivity index (χ1n) is 7.54. The van der Waals surface area contributed by atoms with Crippen LogP contribution in [0.25, 0.3) is 27.9 Å². The summed E-state index contributed by atoms with van der Waals surface area (Å²) in [5, 5.41) is 19.1. The SMILES string of the molecule is Cc1ccc(-c2c(C#N)cc(C#N)c3nc4ccccc4n23)cc1. The van der Waals surface area contributed by atoms with Crippen LogP contribution in [0.1, 0.15) is 16.7 Å². The van der Waals surface area contributed by atoms with E-state index in [0.717, 1.165) is 27.9 Å². The molecule has 112 valence electrons. The molecule has 0 amide bonds. The number of hydrogen-bond donors (Lipinski definition) is 0. The fourth-order valence-corrected chi connectivity index (χ4v) is 2.99. The normalized spacial score (nSPS) is 10.6. The fraction of sp³-hybridized carbons (Fsp3) is 0.0500. The molecule has 0 saturated carbocycles. The average molecular weight is 308 g/mol. The molecule has 2 aromatic heterocycles. The summed E-state index contributed by atoms with van der Waals surface area (Å²) >= 11 is 0. The standard InChI is InChI=1S/C20H12N4/c1-13-6-8-14(9-7-13)19-15(11-21)10-16(12-22)20-23-17-4-2-3-5-18(17)24(19)20/h2-10H,1H3. The third-order valence-corrected chi connectivity index (χ3v) is 4.14. The van der Waals surface area contributed by atoms with Gasteiger partial charge in [0.25, 0.3) is 0 Å². The van der Waals surface area contributed by atoms with E-state index in [9.17, 15) is 10.5 Å². The second-order valence-corrected chi connectivity index (χ2v) is 5.67. The lowest BCUT2D eigenvalue weighted by Crippen LogP contribution is -1.99. The second kappa shape index (κ2) is 5.22. The minimum Gasteiger partial charge on any atom is -0.290 e. The Hall–Kier alpha value is -3.63. The van der Waals surface area contributed by atoms with Crippen LogP contribution < -0.4 is 0 Å². The molecule has 0 aliphatic rings. The third-order valence-electron chi connectivity index (χ3n) is 4.14. The molecule has 4 heteroatoms. The number of benzene rings is 2. The molecule has 0 fully saturated rings. The summed E-state index contributed by atoms with van der Waals surface area (Å²) in [5.41, 5.74) is 5.97. The summed E-state index contributed by atoms with van der Waals surface area (Å²) in [6, 6.07) is 21.7. The summed E-state index contributed by atoms with van der Waals surface area (Å²) in [4.78, 5) is 4.60. The zero-order chi connectivity index (χ0) is 16.7. The zero-order valence-electron chi connectivity index (χ0n) is 13.0. The highest BCUT2D eigenvalue weighted by Crippen LogP contribution is 2.30. The van der Waals surface area contributed by atoms with E-state index < -0.39 is 0 Å². The molecule has 0 radical (unpaired) electrons. The van der Waals surface area contributed by atoms with Crippen molar-refractivity contribution in [2.75, 3.05) is 0 Å². The van der Waals surface area contributed by atoms with E-state index in [1.54, 1.807) is 6.07 Å². The van der Waals surface area contributed by atoms with Gasteiger partial charge in [-0.25, -0.2) is 4.98 Å². The van der Waals surface area contributed by atoms with Crippen LogP contribution in [0.3, 0.4) is 0 Å². The van der Waals surface area contributed by atoms with Gasteiger partial charge in [0.15, 0.2) is 5.65 Å². The maximum Gasteiger partial charge on any atom is 0.156 e. The lowest BCUT2D eigenvalue weighted by molar-refractivity contribution is 1.20. The van der Waals surface area contributed by atoms with Gasteiger partial charge in [-0.2, -0.15) is 10.5 Å². The Labute approximate surface area is 138 Å². The van der Waals surface area contributed by atoms with Crippen LogP contribution in [-0.4, -0.2) is 9.38 Å². The molecule has 0 aliphatic heterocycles. The molecule has 0 saturated heterocycles. The monoisotopic (exact) mass is 308 g/mol. The Morgan fingerprint density at radius 3 is 2.33 bits per heavy atom. The number of nitriles is 2. The van der Waals surface area contributed by atoms with Gasteiger partial charge in [-0.1, -0.05) is 42.0 Å². The number of nitrogens with zero attached hydrogens (tertiary/aromatic N) is 4. The predicted octanol–water partition coefficient (Wildman–Crippen LogP) is 4.21. The molecular weight excluding hydrogens is 296 g/mol. The first-order chi connectivity index (χ1) is 11.7. The van der Waals surface area contributed by atoms with Gasteiger partial charge < -0.3 is 0 Å². The van der Waals surface area contributed by atoms with E-state index in [0.29, 0.717) is 16.8 Å². The molecule has 2 aromatic carbocycles. The Morgan fingerprint density at radius 1 is 0.917 bits per heavy atom. The highest BCUT2D eigenvalue weighted by molar-refractivity contribution is 5.87. The quantitative estimate of drug-likeness (QED) is 0.529. The van der Waals surface area contributed by atoms with Crippen molar-refractivity contribution in [1.29, 1.82) is 10.5 Å². The van der Waals surface area contributed by atoms with Crippen molar-refractivity contribution >= 4 is 16.7 Å². The van der Waals surface area contributed by atoms with E-state index in [-0.39, 0.29) is 0 Å². The molecular formula is C20H12N4. The molecule has 0 atom stereocenters. The first kappa shape index (κ1) is 14.0. The fourth-order valence-electron chi connectivity index (χ4n) is 2.99. The van der Waals surface area contributed by atoms with Crippen LogP contribution in [0, 0.1) is 29.6 Å². The van der Waals surface area contributed by atoms with Crippen LogP contribution in [0.4, 0.5) is 0 Å². The molecule has 0 bridgehead atoms. The number of pyridine rings is 1. The molecule has 4 aromatic rings. The lowest BCUT2D eigenvalue weighted by atomic mass is 10.0. The van der Waals surface area contributed by atoms with Gasteiger partial charge in [0.2, 0.25) is 0 Å². The Balaban J connectivity index is 2.25. The van der Waals surface area contributed by atoms with E-state index in [2.05, 4.69) is 17.1 Å². The smallest absolute Gasteiger partial charge is 0.156 e. The van der Waals surface area contributed by atoms with Crippen molar-refractivity contribution in [3.63, 3.8) is 0 Å². The molecule has 24 heavy (non-hydrogen) atoms. The summed E-state index contributed by atoms with van der Waals surface area (Å²) in [7, 11) is 0. The van der Waals surface area contributed by atoms with Crippen LogP contribution >= 0.6 is 0 Å². The Kier molecular flexibility index (Phi) is 3.05. The van der Waals surface area contributed by atoms with Gasteiger partial charge >= 0.3 is 0 Å². The number of fused-ring (bicyclic) bond motifs is 3. The van der Waals surface area contributed by atoms with Crippen LogP contribution in [0.15, 0.2) is 54.6 Å². The Morgan fingerprint density at radius 2 is 1.62 bits per heavy atom. The number of para-hydroxylation sites is 2. The van der Waals surface area contributed by atoms with Crippen LogP contribution in [0.5, 0.6) is 0 Å². The van der Waals surface area contributed by atoms with Crippen LogP contribution in [-0.2, 0) is 0 Å². The summed E-state index contributed by atoms with van der Waals surface area (Å²) in [6.07, 6.45) is 0. The van der Waals surface area contributed by atoms with Crippen molar-refractivity contribution < 1.29 is 0 Å². The van der Waals surface area contributed by atoms with Gasteiger partial charge in [-0.05, 0) is 30.7 Å². The molecule has 4 rings (SSSR count). The maximum atomic E-state index is 9.63. The highest BCUT2D eigenvalue weighted by Gasteiger charge is 2.17. The van der Waals surface area contributed by atoms with Gasteiger partial charge in [0.1, 0.15) is 12.1 Å².